The van der Waals surface area contributed by atoms with Crippen molar-refractivity contribution < 1.29 is 0 Å². The van der Waals surface area contributed by atoms with Crippen molar-refractivity contribution in [1.29, 1.82) is 0 Å². The number of nitrogens with one attached hydrogen (secondary N) is 1. The smallest absolute Gasteiger partial charge is 0.332 e. The van der Waals surface area contributed by atoms with Gasteiger partial charge in [0.2, 0.25) is 0 Å². The van der Waals surface area contributed by atoms with Crippen LogP contribution in [0.2, 0.25) is 10.0 Å². The van der Waals surface area contributed by atoms with Crippen molar-refractivity contribution in [2.75, 3.05) is 5.32 Å². The van der Waals surface area contributed by atoms with Crippen LogP contribution in [0.15, 0.2) is 34.0 Å². The number of hydrogen-bond donors (Lipinski definition) is 1. The summed E-state index contributed by atoms with van der Waals surface area (Å²) in [6.45, 7) is 1.82. The van der Waals surface area contributed by atoms with Crippen LogP contribution in [0.3, 0.4) is 0 Å². The van der Waals surface area contributed by atoms with E-state index in [1.165, 1.54) is 11.6 Å². The summed E-state index contributed by atoms with van der Waals surface area (Å²) in [5.74, 6) is 0. The quantitative estimate of drug-likeness (QED) is 0.758. The molecule has 1 N–H and O–H groups in total. The summed E-state index contributed by atoms with van der Waals surface area (Å²) < 4.78 is 2.39. The van der Waals surface area contributed by atoms with Gasteiger partial charge >= 0.3 is 5.69 Å². The number of nitrogens with zero attached hydrogens (tertiary/aromatic N) is 3. The van der Waals surface area contributed by atoms with E-state index in [1.54, 1.807) is 31.4 Å². The number of fused-ring (bicyclic) bond motifs is 1. The van der Waals surface area contributed by atoms with E-state index in [2.05, 4.69) is 10.3 Å². The van der Waals surface area contributed by atoms with Gasteiger partial charge in [0, 0.05) is 25.3 Å². The molecular formula is C16H14Cl2N4O2. The standard InChI is InChI=1S/C16H14Cl2N4O2/c1-8-7-19-14-12(15(23)22(3)16(24)21(14)2)13(8)20-11-5-4-9(17)6-10(11)18/h4-7H,1-3H3,(H,19,20). The molecule has 3 aromatic rings. The highest BCUT2D eigenvalue weighted by Crippen LogP contribution is 2.31. The minimum absolute atomic E-state index is 0.307. The molecule has 2 aromatic heterocycles. The van der Waals surface area contributed by atoms with Crippen molar-refractivity contribution in [2.24, 2.45) is 14.1 Å². The molecule has 0 saturated heterocycles. The lowest BCUT2D eigenvalue weighted by molar-refractivity contribution is 0.707. The van der Waals surface area contributed by atoms with Gasteiger partial charge < -0.3 is 5.32 Å². The van der Waals surface area contributed by atoms with Gasteiger partial charge in [0.1, 0.15) is 5.39 Å². The Morgan fingerprint density at radius 1 is 1.12 bits per heavy atom. The number of aryl methyl sites for hydroxylation is 2. The number of pyridine rings is 1. The van der Waals surface area contributed by atoms with Crippen molar-refractivity contribution in [3.05, 3.63) is 60.8 Å². The predicted octanol–water partition coefficient (Wildman–Crippen LogP) is 2.99. The van der Waals surface area contributed by atoms with Gasteiger partial charge in [0.05, 0.1) is 16.4 Å². The van der Waals surface area contributed by atoms with E-state index in [0.29, 0.717) is 32.5 Å². The molecule has 8 heteroatoms. The van der Waals surface area contributed by atoms with Gasteiger partial charge in [0.25, 0.3) is 5.56 Å². The third kappa shape index (κ3) is 2.57. The summed E-state index contributed by atoms with van der Waals surface area (Å²) in [5, 5.41) is 4.43. The molecule has 0 spiro atoms. The minimum Gasteiger partial charge on any atom is -0.353 e. The number of anilines is 2. The van der Waals surface area contributed by atoms with Crippen molar-refractivity contribution in [3.63, 3.8) is 0 Å². The Bertz CT molecular complexity index is 1090. The highest BCUT2D eigenvalue weighted by Gasteiger charge is 2.16. The third-order valence-electron chi connectivity index (χ3n) is 3.85. The second-order valence-electron chi connectivity index (χ2n) is 5.47. The lowest BCUT2D eigenvalue weighted by Gasteiger charge is -2.15. The van der Waals surface area contributed by atoms with E-state index in [0.717, 1.165) is 10.1 Å². The molecule has 6 nitrogen and oxygen atoms in total. The SMILES string of the molecule is Cc1cnc2c(c1Nc1ccc(Cl)cc1Cl)c(=O)n(C)c(=O)n2C. The van der Waals surface area contributed by atoms with Gasteiger partial charge in [-0.2, -0.15) is 0 Å². The first kappa shape index (κ1) is 16.5. The molecule has 124 valence electrons. The summed E-state index contributed by atoms with van der Waals surface area (Å²) in [6, 6.07) is 5.03. The number of hydrogen-bond acceptors (Lipinski definition) is 4. The fourth-order valence-corrected chi connectivity index (χ4v) is 2.97. The Hall–Kier alpha value is -2.31. The van der Waals surface area contributed by atoms with Crippen LogP contribution >= 0.6 is 23.2 Å². The summed E-state index contributed by atoms with van der Waals surface area (Å²) >= 11 is 12.1. The van der Waals surface area contributed by atoms with Gasteiger partial charge in [-0.15, -0.1) is 0 Å². The molecule has 24 heavy (non-hydrogen) atoms. The van der Waals surface area contributed by atoms with Gasteiger partial charge in [-0.25, -0.2) is 9.78 Å². The Labute approximate surface area is 147 Å². The molecule has 0 bridgehead atoms. The zero-order chi connectivity index (χ0) is 17.6. The molecule has 0 atom stereocenters. The fourth-order valence-electron chi connectivity index (χ4n) is 2.51. The highest BCUT2D eigenvalue weighted by atomic mass is 35.5. The van der Waals surface area contributed by atoms with Crippen molar-refractivity contribution in [2.45, 2.75) is 6.92 Å². The van der Waals surface area contributed by atoms with Gasteiger partial charge in [0.15, 0.2) is 5.65 Å². The molecular weight excluding hydrogens is 351 g/mol. The number of benzene rings is 1. The van der Waals surface area contributed by atoms with Gasteiger partial charge in [-0.1, -0.05) is 23.2 Å². The zero-order valence-corrected chi connectivity index (χ0v) is 14.7. The van der Waals surface area contributed by atoms with Crippen LogP contribution in [-0.4, -0.2) is 14.1 Å². The Balaban J connectivity index is 2.34. The Morgan fingerprint density at radius 2 is 1.83 bits per heavy atom. The van der Waals surface area contributed by atoms with E-state index < -0.39 is 11.2 Å². The molecule has 0 aliphatic heterocycles. The maximum absolute atomic E-state index is 12.6. The molecule has 0 aliphatic rings. The predicted molar refractivity (Wildman–Crippen MR) is 96.7 cm³/mol. The summed E-state index contributed by atoms with van der Waals surface area (Å²) in [6.07, 6.45) is 1.60. The first-order chi connectivity index (χ1) is 11.3. The van der Waals surface area contributed by atoms with E-state index in [-0.39, 0.29) is 0 Å². The Morgan fingerprint density at radius 3 is 2.50 bits per heavy atom. The maximum Gasteiger partial charge on any atom is 0.332 e. The largest absolute Gasteiger partial charge is 0.353 e. The van der Waals surface area contributed by atoms with Crippen LogP contribution in [0, 0.1) is 6.92 Å². The van der Waals surface area contributed by atoms with Crippen LogP contribution in [0.1, 0.15) is 5.56 Å². The summed E-state index contributed by atoms with van der Waals surface area (Å²) in [7, 11) is 3.01. The van der Waals surface area contributed by atoms with Crippen LogP contribution in [0.4, 0.5) is 11.4 Å². The van der Waals surface area contributed by atoms with E-state index in [4.69, 9.17) is 23.2 Å². The average molecular weight is 365 g/mol. The molecule has 1 aromatic carbocycles. The monoisotopic (exact) mass is 364 g/mol. The van der Waals surface area contributed by atoms with Crippen LogP contribution < -0.4 is 16.6 Å². The summed E-state index contributed by atoms with van der Waals surface area (Å²) in [4.78, 5) is 28.9. The molecule has 0 saturated carbocycles. The zero-order valence-electron chi connectivity index (χ0n) is 13.2. The maximum atomic E-state index is 12.6. The molecule has 0 amide bonds. The topological polar surface area (TPSA) is 68.9 Å². The van der Waals surface area contributed by atoms with Crippen molar-refractivity contribution in [3.8, 4) is 0 Å². The lowest BCUT2D eigenvalue weighted by atomic mass is 10.1. The molecule has 0 unspecified atom stereocenters. The normalized spacial score (nSPS) is 11.0. The average Bonchev–Trinajstić information content (AvgIpc) is 2.54. The van der Waals surface area contributed by atoms with Gasteiger partial charge in [-0.3, -0.25) is 13.9 Å². The summed E-state index contributed by atoms with van der Waals surface area (Å²) in [5.41, 5.74) is 1.37. The van der Waals surface area contributed by atoms with Crippen LogP contribution in [0.25, 0.3) is 11.0 Å². The second-order valence-corrected chi connectivity index (χ2v) is 6.31. The molecule has 0 fully saturated rings. The second kappa shape index (κ2) is 5.96. The number of halogens is 2. The molecule has 3 rings (SSSR count). The minimum atomic E-state index is -0.431. The highest BCUT2D eigenvalue weighted by molar-refractivity contribution is 6.36. The van der Waals surface area contributed by atoms with Crippen molar-refractivity contribution in [1.82, 2.24) is 14.1 Å². The van der Waals surface area contributed by atoms with E-state index >= 15 is 0 Å². The molecule has 2 heterocycles. The van der Waals surface area contributed by atoms with Crippen LogP contribution in [0.5, 0.6) is 0 Å². The van der Waals surface area contributed by atoms with Crippen molar-refractivity contribution >= 4 is 45.6 Å². The van der Waals surface area contributed by atoms with E-state index in [9.17, 15) is 9.59 Å². The van der Waals surface area contributed by atoms with Gasteiger partial charge in [-0.05, 0) is 30.7 Å². The van der Waals surface area contributed by atoms with E-state index in [1.807, 2.05) is 6.92 Å². The molecule has 0 radical (unpaired) electrons. The number of aromatic nitrogens is 3. The lowest BCUT2D eigenvalue weighted by Crippen LogP contribution is -2.37. The number of rotatable bonds is 2. The third-order valence-corrected chi connectivity index (χ3v) is 4.40. The first-order valence-electron chi connectivity index (χ1n) is 7.08. The Kier molecular flexibility index (Phi) is 4.11. The fraction of sp³-hybridized carbons (Fsp3) is 0.188. The van der Waals surface area contributed by atoms with Crippen LogP contribution in [-0.2, 0) is 14.1 Å². The molecule has 0 aliphatic carbocycles. The first-order valence-corrected chi connectivity index (χ1v) is 7.84.